The standard InChI is InChI=1S/C13H20BrN3/c1-8(2)13-16-11(14)7-12(17-13)15-9(3)10-5-4-6-10/h7-10H,4-6H2,1-3H3,(H,15,16,17). The summed E-state index contributed by atoms with van der Waals surface area (Å²) in [7, 11) is 0. The molecule has 0 aliphatic heterocycles. The lowest BCUT2D eigenvalue weighted by molar-refractivity contribution is 0.285. The SMILES string of the molecule is CC(C)c1nc(Br)cc(NC(C)C2CCC2)n1. The number of aromatic nitrogens is 2. The van der Waals surface area contributed by atoms with E-state index in [1.165, 1.54) is 19.3 Å². The van der Waals surface area contributed by atoms with Gasteiger partial charge in [0.2, 0.25) is 0 Å². The molecule has 0 amide bonds. The van der Waals surface area contributed by atoms with E-state index in [4.69, 9.17) is 0 Å². The summed E-state index contributed by atoms with van der Waals surface area (Å²) in [6, 6.07) is 2.46. The Morgan fingerprint density at radius 1 is 1.29 bits per heavy atom. The number of nitrogens with one attached hydrogen (secondary N) is 1. The number of hydrogen-bond acceptors (Lipinski definition) is 3. The van der Waals surface area contributed by atoms with Gasteiger partial charge in [-0.05, 0) is 41.6 Å². The van der Waals surface area contributed by atoms with E-state index in [-0.39, 0.29) is 0 Å². The van der Waals surface area contributed by atoms with Crippen LogP contribution in [0.15, 0.2) is 10.7 Å². The van der Waals surface area contributed by atoms with Crippen LogP contribution in [0.1, 0.15) is 51.8 Å². The lowest BCUT2D eigenvalue weighted by Gasteiger charge is -2.32. The Kier molecular flexibility index (Phi) is 4.02. The molecule has 1 atom stereocenters. The molecule has 0 radical (unpaired) electrons. The third-order valence-corrected chi connectivity index (χ3v) is 3.87. The number of anilines is 1. The van der Waals surface area contributed by atoms with Crippen LogP contribution in [0.5, 0.6) is 0 Å². The van der Waals surface area contributed by atoms with Crippen LogP contribution in [-0.2, 0) is 0 Å². The third-order valence-electron chi connectivity index (χ3n) is 3.46. The Hall–Kier alpha value is -0.640. The summed E-state index contributed by atoms with van der Waals surface area (Å²) in [5.74, 6) is 3.00. The lowest BCUT2D eigenvalue weighted by Crippen LogP contribution is -2.31. The van der Waals surface area contributed by atoms with Gasteiger partial charge in [-0.3, -0.25) is 0 Å². The zero-order valence-electron chi connectivity index (χ0n) is 10.7. The van der Waals surface area contributed by atoms with Crippen molar-refractivity contribution < 1.29 is 0 Å². The van der Waals surface area contributed by atoms with Crippen molar-refractivity contribution >= 4 is 21.7 Å². The van der Waals surface area contributed by atoms with Crippen LogP contribution in [0.25, 0.3) is 0 Å². The van der Waals surface area contributed by atoms with Gasteiger partial charge < -0.3 is 5.32 Å². The molecule has 0 bridgehead atoms. The van der Waals surface area contributed by atoms with E-state index < -0.39 is 0 Å². The van der Waals surface area contributed by atoms with Gasteiger partial charge in [0, 0.05) is 18.0 Å². The Labute approximate surface area is 112 Å². The van der Waals surface area contributed by atoms with E-state index in [0.29, 0.717) is 12.0 Å². The summed E-state index contributed by atoms with van der Waals surface area (Å²) >= 11 is 3.45. The molecule has 1 aromatic heterocycles. The maximum Gasteiger partial charge on any atom is 0.134 e. The summed E-state index contributed by atoms with van der Waals surface area (Å²) in [5.41, 5.74) is 0. The fourth-order valence-electron chi connectivity index (χ4n) is 2.06. The molecular formula is C13H20BrN3. The van der Waals surface area contributed by atoms with Crippen LogP contribution < -0.4 is 5.32 Å². The number of halogens is 1. The van der Waals surface area contributed by atoms with Crippen LogP contribution in [0.2, 0.25) is 0 Å². The van der Waals surface area contributed by atoms with Crippen molar-refractivity contribution in [2.45, 2.75) is 52.0 Å². The topological polar surface area (TPSA) is 37.8 Å². The molecule has 4 heteroatoms. The largest absolute Gasteiger partial charge is 0.367 e. The molecule has 3 nitrogen and oxygen atoms in total. The number of rotatable bonds is 4. The second kappa shape index (κ2) is 5.34. The van der Waals surface area contributed by atoms with Crippen molar-refractivity contribution in [1.82, 2.24) is 9.97 Å². The van der Waals surface area contributed by atoms with Gasteiger partial charge in [-0.25, -0.2) is 9.97 Å². The van der Waals surface area contributed by atoms with E-state index in [2.05, 4.69) is 52.0 Å². The fourth-order valence-corrected chi connectivity index (χ4v) is 2.46. The molecule has 17 heavy (non-hydrogen) atoms. The highest BCUT2D eigenvalue weighted by Gasteiger charge is 2.24. The predicted octanol–water partition coefficient (Wildman–Crippen LogP) is 3.96. The first-order chi connectivity index (χ1) is 8.06. The van der Waals surface area contributed by atoms with Gasteiger partial charge in [0.1, 0.15) is 16.2 Å². The Balaban J connectivity index is 2.08. The van der Waals surface area contributed by atoms with Gasteiger partial charge in [0.15, 0.2) is 0 Å². The fraction of sp³-hybridized carbons (Fsp3) is 0.692. The molecule has 1 fully saturated rings. The lowest BCUT2D eigenvalue weighted by atomic mass is 9.80. The highest BCUT2D eigenvalue weighted by atomic mass is 79.9. The molecular weight excluding hydrogens is 278 g/mol. The Bertz CT molecular complexity index is 388. The minimum Gasteiger partial charge on any atom is -0.367 e. The van der Waals surface area contributed by atoms with Crippen molar-refractivity contribution in [1.29, 1.82) is 0 Å². The molecule has 1 aliphatic rings. The van der Waals surface area contributed by atoms with Crippen LogP contribution >= 0.6 is 15.9 Å². The summed E-state index contributed by atoms with van der Waals surface area (Å²) in [6.45, 7) is 6.47. The van der Waals surface area contributed by atoms with Gasteiger partial charge in [-0.2, -0.15) is 0 Å². The normalized spacial score (nSPS) is 17.9. The molecule has 0 aromatic carbocycles. The first kappa shape index (κ1) is 12.8. The second-order valence-corrected chi connectivity index (χ2v) is 6.03. The molecule has 1 heterocycles. The van der Waals surface area contributed by atoms with E-state index in [0.717, 1.165) is 22.2 Å². The molecule has 1 saturated carbocycles. The molecule has 0 spiro atoms. The zero-order chi connectivity index (χ0) is 12.4. The van der Waals surface area contributed by atoms with E-state index in [9.17, 15) is 0 Å². The van der Waals surface area contributed by atoms with Gasteiger partial charge in [0.05, 0.1) is 0 Å². The van der Waals surface area contributed by atoms with Crippen molar-refractivity contribution in [3.63, 3.8) is 0 Å². The monoisotopic (exact) mass is 297 g/mol. The van der Waals surface area contributed by atoms with Crippen LogP contribution in [-0.4, -0.2) is 16.0 Å². The summed E-state index contributed by atoms with van der Waals surface area (Å²) in [4.78, 5) is 8.95. The van der Waals surface area contributed by atoms with Crippen molar-refractivity contribution in [2.75, 3.05) is 5.32 Å². The molecule has 1 aromatic rings. The van der Waals surface area contributed by atoms with Gasteiger partial charge in [-0.15, -0.1) is 0 Å². The van der Waals surface area contributed by atoms with E-state index >= 15 is 0 Å². The highest BCUT2D eigenvalue weighted by molar-refractivity contribution is 9.10. The molecule has 1 N–H and O–H groups in total. The van der Waals surface area contributed by atoms with Crippen molar-refractivity contribution in [2.24, 2.45) is 5.92 Å². The van der Waals surface area contributed by atoms with Crippen LogP contribution in [0, 0.1) is 5.92 Å². The maximum absolute atomic E-state index is 4.56. The maximum atomic E-state index is 4.56. The van der Waals surface area contributed by atoms with Crippen molar-refractivity contribution in [3.05, 3.63) is 16.5 Å². The number of nitrogens with zero attached hydrogens (tertiary/aromatic N) is 2. The molecule has 94 valence electrons. The minimum absolute atomic E-state index is 0.354. The molecule has 2 rings (SSSR count). The summed E-state index contributed by atoms with van der Waals surface area (Å²) in [5, 5.41) is 3.50. The average molecular weight is 298 g/mol. The first-order valence-corrected chi connectivity index (χ1v) is 7.16. The average Bonchev–Trinajstić information content (AvgIpc) is 2.13. The Morgan fingerprint density at radius 3 is 2.53 bits per heavy atom. The van der Waals surface area contributed by atoms with Gasteiger partial charge in [0.25, 0.3) is 0 Å². The number of hydrogen-bond donors (Lipinski definition) is 1. The minimum atomic E-state index is 0.354. The van der Waals surface area contributed by atoms with E-state index in [1.54, 1.807) is 0 Å². The third kappa shape index (κ3) is 3.18. The van der Waals surface area contributed by atoms with Crippen molar-refractivity contribution in [3.8, 4) is 0 Å². The van der Waals surface area contributed by atoms with Gasteiger partial charge in [-0.1, -0.05) is 20.3 Å². The second-order valence-electron chi connectivity index (χ2n) is 5.21. The summed E-state index contributed by atoms with van der Waals surface area (Å²) < 4.78 is 0.861. The van der Waals surface area contributed by atoms with Gasteiger partial charge >= 0.3 is 0 Å². The van der Waals surface area contributed by atoms with E-state index in [1.807, 2.05) is 6.07 Å². The molecule has 0 saturated heterocycles. The molecule has 1 unspecified atom stereocenters. The summed E-state index contributed by atoms with van der Waals surface area (Å²) in [6.07, 6.45) is 4.07. The predicted molar refractivity (Wildman–Crippen MR) is 74.2 cm³/mol. The first-order valence-electron chi connectivity index (χ1n) is 6.37. The quantitative estimate of drug-likeness (QED) is 0.855. The van der Waals surface area contributed by atoms with Crippen LogP contribution in [0.4, 0.5) is 5.82 Å². The Morgan fingerprint density at radius 2 is 2.00 bits per heavy atom. The smallest absolute Gasteiger partial charge is 0.134 e. The van der Waals surface area contributed by atoms with Crippen LogP contribution in [0.3, 0.4) is 0 Å². The molecule has 1 aliphatic carbocycles. The zero-order valence-corrected chi connectivity index (χ0v) is 12.3. The highest BCUT2D eigenvalue weighted by Crippen LogP contribution is 2.31.